The number of carbonyl (C=O) groups excluding carboxylic acids is 2. The standard InChI is InChI=1S/C29H29N2O4.2H2/c1-19-15-25(35-3)17-24(34-2)14-13-22(28(32)30-19)16-20-9-11-21(12-10-20)26-18-27(26)29(33)31-23-7-5-4-6-8-23;;/h4-12,14-16,18-19H,13,17H2,1-3H3,(H,30,32)(H,31,33);2*1H/b22-16+,24-14+,25-15+;;. The van der Waals surface area contributed by atoms with Crippen molar-refractivity contribution in [2.24, 2.45) is 0 Å². The Balaban J connectivity index is 0.00000241. The molecule has 1 aliphatic carbocycles. The van der Waals surface area contributed by atoms with Gasteiger partial charge in [0.2, 0.25) is 11.8 Å². The highest BCUT2D eigenvalue weighted by Crippen LogP contribution is 2.41. The van der Waals surface area contributed by atoms with Gasteiger partial charge in [0, 0.05) is 20.2 Å². The molecule has 2 aromatic carbocycles. The first-order valence-corrected chi connectivity index (χ1v) is 11.5. The van der Waals surface area contributed by atoms with E-state index in [0.29, 0.717) is 24.3 Å². The Kier molecular flexibility index (Phi) is 7.51. The van der Waals surface area contributed by atoms with Crippen molar-refractivity contribution in [3.63, 3.8) is 0 Å². The van der Waals surface area contributed by atoms with Gasteiger partial charge in [-0.25, -0.2) is 0 Å². The van der Waals surface area contributed by atoms with Crippen LogP contribution in [0.15, 0.2) is 89.9 Å². The van der Waals surface area contributed by atoms with Crippen molar-refractivity contribution in [1.82, 2.24) is 5.32 Å². The van der Waals surface area contributed by atoms with Gasteiger partial charge in [0.1, 0.15) is 11.7 Å². The van der Waals surface area contributed by atoms with Crippen LogP contribution in [0.1, 0.15) is 33.7 Å². The minimum atomic E-state index is -0.183. The van der Waals surface area contributed by atoms with Gasteiger partial charge in [-0.2, -0.15) is 0 Å². The summed E-state index contributed by atoms with van der Waals surface area (Å²) in [4.78, 5) is 25.4. The number of amides is 2. The minimum Gasteiger partial charge on any atom is -0.501 e. The third kappa shape index (κ3) is 6.29. The fourth-order valence-electron chi connectivity index (χ4n) is 3.87. The van der Waals surface area contributed by atoms with Crippen molar-refractivity contribution in [1.29, 1.82) is 0 Å². The third-order valence-electron chi connectivity index (χ3n) is 5.84. The summed E-state index contributed by atoms with van der Waals surface area (Å²) in [5.74, 6) is 1.92. The molecule has 0 saturated heterocycles. The van der Waals surface area contributed by atoms with E-state index < -0.39 is 0 Å². The largest absolute Gasteiger partial charge is 0.501 e. The normalized spacial score (nSPS) is 22.6. The van der Waals surface area contributed by atoms with Crippen LogP contribution in [-0.2, 0) is 19.1 Å². The van der Waals surface area contributed by atoms with Crippen LogP contribution in [0.25, 0.3) is 11.6 Å². The molecule has 183 valence electrons. The van der Waals surface area contributed by atoms with Crippen LogP contribution in [0.3, 0.4) is 0 Å². The van der Waals surface area contributed by atoms with Gasteiger partial charge < -0.3 is 20.1 Å². The van der Waals surface area contributed by atoms with Gasteiger partial charge in [0.05, 0.1) is 26.4 Å². The number of benzene rings is 2. The number of rotatable bonds is 6. The highest BCUT2D eigenvalue weighted by atomic mass is 16.5. The van der Waals surface area contributed by atoms with Crippen molar-refractivity contribution in [2.45, 2.75) is 25.8 Å². The molecule has 6 heteroatoms. The number of nitrogens with one attached hydrogen (secondary N) is 2. The summed E-state index contributed by atoms with van der Waals surface area (Å²) in [6.45, 7) is 1.91. The Morgan fingerprint density at radius 2 is 1.77 bits per heavy atom. The number of para-hydroxylation sites is 1. The maximum Gasteiger partial charge on any atom is 0.247 e. The van der Waals surface area contributed by atoms with E-state index in [1.807, 2.05) is 85.8 Å². The van der Waals surface area contributed by atoms with Crippen LogP contribution in [0.5, 0.6) is 0 Å². The Morgan fingerprint density at radius 1 is 1.06 bits per heavy atom. The quantitative estimate of drug-likeness (QED) is 0.541. The molecule has 0 spiro atoms. The number of methoxy groups -OCH3 is 2. The van der Waals surface area contributed by atoms with E-state index in [4.69, 9.17) is 9.47 Å². The molecule has 2 aromatic rings. The lowest BCUT2D eigenvalue weighted by molar-refractivity contribution is -0.117. The van der Waals surface area contributed by atoms with Crippen molar-refractivity contribution < 1.29 is 21.9 Å². The summed E-state index contributed by atoms with van der Waals surface area (Å²) >= 11 is 0. The van der Waals surface area contributed by atoms with Gasteiger partial charge in [-0.05, 0) is 60.4 Å². The molecule has 1 radical (unpaired) electrons. The average molecular weight is 474 g/mol. The third-order valence-corrected chi connectivity index (χ3v) is 5.84. The van der Waals surface area contributed by atoms with E-state index in [-0.39, 0.29) is 20.7 Å². The Labute approximate surface area is 209 Å². The molecule has 1 aliphatic heterocycles. The molecule has 1 atom stereocenters. The van der Waals surface area contributed by atoms with E-state index in [1.54, 1.807) is 14.2 Å². The lowest BCUT2D eigenvalue weighted by Crippen LogP contribution is -2.32. The van der Waals surface area contributed by atoms with Gasteiger partial charge in [0.25, 0.3) is 0 Å². The molecular weight excluding hydrogens is 440 g/mol. The van der Waals surface area contributed by atoms with Gasteiger partial charge in [-0.15, -0.1) is 0 Å². The molecule has 6 nitrogen and oxygen atoms in total. The van der Waals surface area contributed by atoms with E-state index in [0.717, 1.165) is 33.9 Å². The van der Waals surface area contributed by atoms with E-state index >= 15 is 0 Å². The van der Waals surface area contributed by atoms with Gasteiger partial charge in [-0.1, -0.05) is 48.5 Å². The maximum absolute atomic E-state index is 12.9. The van der Waals surface area contributed by atoms with Crippen LogP contribution in [-0.4, -0.2) is 32.1 Å². The monoisotopic (exact) mass is 473 g/mol. The number of hydrogen-bond acceptors (Lipinski definition) is 4. The van der Waals surface area contributed by atoms with Crippen LogP contribution < -0.4 is 10.6 Å². The summed E-state index contributed by atoms with van der Waals surface area (Å²) in [6.07, 6.45) is 8.51. The zero-order valence-electron chi connectivity index (χ0n) is 20.1. The second kappa shape index (κ2) is 10.9. The first kappa shape index (κ1) is 24.1. The summed E-state index contributed by atoms with van der Waals surface area (Å²) in [7, 11) is 3.23. The lowest BCUT2D eigenvalue weighted by atomic mass is 10.0. The van der Waals surface area contributed by atoms with Crippen LogP contribution >= 0.6 is 0 Å². The minimum absolute atomic E-state index is 0. The van der Waals surface area contributed by atoms with Crippen molar-refractivity contribution in [3.05, 3.63) is 107 Å². The van der Waals surface area contributed by atoms with Crippen molar-refractivity contribution in [2.75, 3.05) is 19.5 Å². The molecule has 2 amide bonds. The summed E-state index contributed by atoms with van der Waals surface area (Å²) in [6, 6.07) is 17.0. The SMILES string of the molecule is CO/C1=C/C/C(=C\c2ccc(C3=C[C]3C(=O)Nc3ccccc3)cc2)C(=O)NC(C)/C=C(/OC)C1.[HH].[HH]. The average Bonchev–Trinajstić information content (AvgIpc) is 3.67. The maximum atomic E-state index is 12.9. The van der Waals surface area contributed by atoms with Gasteiger partial charge in [-0.3, -0.25) is 9.59 Å². The number of hydrogen-bond donors (Lipinski definition) is 2. The zero-order chi connectivity index (χ0) is 24.8. The topological polar surface area (TPSA) is 76.7 Å². The molecule has 1 unspecified atom stereocenters. The predicted molar refractivity (Wildman–Crippen MR) is 142 cm³/mol. The summed E-state index contributed by atoms with van der Waals surface area (Å²) < 4.78 is 10.9. The van der Waals surface area contributed by atoms with Crippen molar-refractivity contribution in [3.8, 4) is 0 Å². The van der Waals surface area contributed by atoms with Crippen LogP contribution in [0, 0.1) is 5.92 Å². The van der Waals surface area contributed by atoms with Crippen LogP contribution in [0.2, 0.25) is 0 Å². The molecule has 1 heterocycles. The molecule has 0 saturated carbocycles. The number of allylic oxidation sites excluding steroid dienone is 1. The first-order valence-electron chi connectivity index (χ1n) is 11.5. The van der Waals surface area contributed by atoms with Gasteiger partial charge >= 0.3 is 0 Å². The second-order valence-corrected chi connectivity index (χ2v) is 8.44. The smallest absolute Gasteiger partial charge is 0.247 e. The Morgan fingerprint density at radius 3 is 2.46 bits per heavy atom. The summed E-state index contributed by atoms with van der Waals surface area (Å²) in [5.41, 5.74) is 4.20. The second-order valence-electron chi connectivity index (χ2n) is 8.44. The number of carbonyl (C=O) groups is 2. The first-order chi connectivity index (χ1) is 17.0. The van der Waals surface area contributed by atoms with E-state index in [2.05, 4.69) is 10.6 Å². The van der Waals surface area contributed by atoms with Crippen molar-refractivity contribution >= 4 is 29.2 Å². The Bertz CT molecular complexity index is 1220. The molecule has 4 rings (SSSR count). The number of ether oxygens (including phenoxy) is 2. The fourth-order valence-corrected chi connectivity index (χ4v) is 3.87. The fraction of sp³-hybridized carbons (Fsp3) is 0.207. The molecule has 2 aliphatic rings. The predicted octanol–water partition coefficient (Wildman–Crippen LogP) is 5.53. The summed E-state index contributed by atoms with van der Waals surface area (Å²) in [5, 5.41) is 5.91. The highest BCUT2D eigenvalue weighted by molar-refractivity contribution is 6.22. The zero-order valence-corrected chi connectivity index (χ0v) is 20.1. The van der Waals surface area contributed by atoms with Gasteiger partial charge in [0.15, 0.2) is 0 Å². The van der Waals surface area contributed by atoms with Crippen LogP contribution in [0.4, 0.5) is 5.69 Å². The molecule has 0 aromatic heterocycles. The number of anilines is 1. The van der Waals surface area contributed by atoms with E-state index in [1.165, 1.54) is 0 Å². The molecule has 35 heavy (non-hydrogen) atoms. The molecule has 2 N–H and O–H groups in total. The van der Waals surface area contributed by atoms with E-state index in [9.17, 15) is 9.59 Å². The molecular formula is C29H33N2O4. The molecule has 0 fully saturated rings. The molecule has 0 bridgehead atoms. The highest BCUT2D eigenvalue weighted by Gasteiger charge is 2.34. The lowest BCUT2D eigenvalue weighted by Gasteiger charge is -2.17. The Hall–Kier alpha value is -4.06.